The Labute approximate surface area is 148 Å². The van der Waals surface area contributed by atoms with Crippen molar-refractivity contribution < 1.29 is 4.42 Å². The van der Waals surface area contributed by atoms with Crippen molar-refractivity contribution in [1.82, 2.24) is 14.9 Å². The zero-order chi connectivity index (χ0) is 16.5. The van der Waals surface area contributed by atoms with Crippen molar-refractivity contribution in [3.63, 3.8) is 0 Å². The van der Waals surface area contributed by atoms with E-state index in [0.717, 1.165) is 40.6 Å². The van der Waals surface area contributed by atoms with E-state index in [1.165, 1.54) is 4.70 Å². The molecule has 0 N–H and O–H groups in total. The van der Waals surface area contributed by atoms with Gasteiger partial charge in [-0.1, -0.05) is 12.1 Å². The average Bonchev–Trinajstić information content (AvgIpc) is 3.27. The predicted molar refractivity (Wildman–Crippen MR) is 99.3 cm³/mol. The molecule has 0 unspecified atom stereocenters. The zero-order valence-electron chi connectivity index (χ0n) is 13.5. The molecule has 0 amide bonds. The van der Waals surface area contributed by atoms with Crippen molar-refractivity contribution in [2.45, 2.75) is 20.0 Å². The molecule has 3 heterocycles. The molecule has 0 aliphatic heterocycles. The number of fused-ring (bicyclic) bond motifs is 1. The van der Waals surface area contributed by atoms with Crippen LogP contribution in [0, 0.1) is 6.92 Å². The van der Waals surface area contributed by atoms with Crippen LogP contribution in [0.4, 0.5) is 0 Å². The number of thiophene rings is 1. The van der Waals surface area contributed by atoms with E-state index in [-0.39, 0.29) is 0 Å². The first-order valence-corrected chi connectivity index (χ1v) is 9.47. The lowest BCUT2D eigenvalue weighted by molar-refractivity contribution is 0.313. The summed E-state index contributed by atoms with van der Waals surface area (Å²) in [5, 5.41) is 5.21. The summed E-state index contributed by atoms with van der Waals surface area (Å²) in [5.41, 5.74) is 3.10. The molecule has 0 fully saturated rings. The van der Waals surface area contributed by atoms with Crippen molar-refractivity contribution in [3.05, 3.63) is 57.6 Å². The Morgan fingerprint density at radius 1 is 1.12 bits per heavy atom. The second kappa shape index (κ2) is 6.47. The van der Waals surface area contributed by atoms with Gasteiger partial charge in [0.25, 0.3) is 0 Å². The number of aromatic nitrogens is 2. The molecular formula is C18H17N3OS2. The van der Waals surface area contributed by atoms with E-state index in [1.807, 2.05) is 24.4 Å². The number of nitrogens with zero attached hydrogens (tertiary/aromatic N) is 3. The molecule has 0 aliphatic carbocycles. The fraction of sp³-hybridized carbons (Fsp3) is 0.222. The Bertz CT molecular complexity index is 923. The van der Waals surface area contributed by atoms with Gasteiger partial charge in [-0.2, -0.15) is 11.3 Å². The molecular weight excluding hydrogens is 338 g/mol. The summed E-state index contributed by atoms with van der Waals surface area (Å²) in [5.74, 6) is 1.59. The Kier molecular flexibility index (Phi) is 4.18. The van der Waals surface area contributed by atoms with Crippen LogP contribution in [0.3, 0.4) is 0 Å². The van der Waals surface area contributed by atoms with E-state index < -0.39 is 0 Å². The minimum Gasteiger partial charge on any atom is -0.441 e. The molecule has 122 valence electrons. The van der Waals surface area contributed by atoms with Crippen LogP contribution in [0.15, 0.2) is 45.5 Å². The van der Waals surface area contributed by atoms with Crippen molar-refractivity contribution in [1.29, 1.82) is 0 Å². The van der Waals surface area contributed by atoms with Crippen LogP contribution in [0.5, 0.6) is 0 Å². The second-order valence-corrected chi connectivity index (χ2v) is 7.68. The lowest BCUT2D eigenvalue weighted by Gasteiger charge is -2.13. The Morgan fingerprint density at radius 3 is 2.79 bits per heavy atom. The van der Waals surface area contributed by atoms with Crippen LogP contribution < -0.4 is 0 Å². The number of benzene rings is 1. The molecule has 1 aromatic carbocycles. The van der Waals surface area contributed by atoms with E-state index >= 15 is 0 Å². The van der Waals surface area contributed by atoms with Gasteiger partial charge >= 0.3 is 0 Å². The third kappa shape index (κ3) is 3.13. The Morgan fingerprint density at radius 2 is 2.00 bits per heavy atom. The van der Waals surface area contributed by atoms with Gasteiger partial charge in [0.1, 0.15) is 10.8 Å². The highest BCUT2D eigenvalue weighted by molar-refractivity contribution is 7.18. The SMILES string of the molecule is Cc1oc(-c2ccsc2)nc1CN(C)Cc1nc2ccccc2s1. The van der Waals surface area contributed by atoms with Gasteiger partial charge in [0.2, 0.25) is 5.89 Å². The highest BCUT2D eigenvalue weighted by Crippen LogP contribution is 2.26. The van der Waals surface area contributed by atoms with Gasteiger partial charge in [0.15, 0.2) is 0 Å². The van der Waals surface area contributed by atoms with Gasteiger partial charge < -0.3 is 4.42 Å². The van der Waals surface area contributed by atoms with Crippen molar-refractivity contribution in [3.8, 4) is 11.5 Å². The quantitative estimate of drug-likeness (QED) is 0.508. The van der Waals surface area contributed by atoms with E-state index in [9.17, 15) is 0 Å². The first-order chi connectivity index (χ1) is 11.7. The summed E-state index contributed by atoms with van der Waals surface area (Å²) in [7, 11) is 2.09. The molecule has 4 aromatic rings. The minimum absolute atomic E-state index is 0.706. The summed E-state index contributed by atoms with van der Waals surface area (Å²) in [6.45, 7) is 3.53. The summed E-state index contributed by atoms with van der Waals surface area (Å²) in [6, 6.07) is 10.3. The van der Waals surface area contributed by atoms with Crippen LogP contribution in [-0.4, -0.2) is 21.9 Å². The molecule has 4 rings (SSSR count). The average molecular weight is 355 g/mol. The predicted octanol–water partition coefficient (Wildman–Crippen LogP) is 4.95. The van der Waals surface area contributed by atoms with Crippen molar-refractivity contribution >= 4 is 32.9 Å². The van der Waals surface area contributed by atoms with Crippen molar-refractivity contribution in [2.75, 3.05) is 7.05 Å². The second-order valence-electron chi connectivity index (χ2n) is 5.78. The number of para-hydroxylation sites is 1. The summed E-state index contributed by atoms with van der Waals surface area (Å²) < 4.78 is 7.05. The summed E-state index contributed by atoms with van der Waals surface area (Å²) in [6.07, 6.45) is 0. The maximum Gasteiger partial charge on any atom is 0.227 e. The number of aryl methyl sites for hydroxylation is 1. The van der Waals surface area contributed by atoms with Crippen LogP contribution in [-0.2, 0) is 13.1 Å². The maximum atomic E-state index is 5.81. The molecule has 0 radical (unpaired) electrons. The first-order valence-electron chi connectivity index (χ1n) is 7.71. The lowest BCUT2D eigenvalue weighted by atomic mass is 10.3. The van der Waals surface area contributed by atoms with E-state index in [2.05, 4.69) is 40.5 Å². The number of rotatable bonds is 5. The smallest absolute Gasteiger partial charge is 0.227 e. The highest BCUT2D eigenvalue weighted by Gasteiger charge is 2.14. The fourth-order valence-electron chi connectivity index (χ4n) is 2.61. The third-order valence-corrected chi connectivity index (χ3v) is 5.53. The lowest BCUT2D eigenvalue weighted by Crippen LogP contribution is -2.17. The molecule has 24 heavy (non-hydrogen) atoms. The third-order valence-electron chi connectivity index (χ3n) is 3.82. The zero-order valence-corrected chi connectivity index (χ0v) is 15.2. The number of hydrogen-bond donors (Lipinski definition) is 0. The number of thiazole rings is 1. The Hall–Kier alpha value is -2.02. The molecule has 3 aromatic heterocycles. The number of oxazole rings is 1. The monoisotopic (exact) mass is 355 g/mol. The van der Waals surface area contributed by atoms with Crippen molar-refractivity contribution in [2.24, 2.45) is 0 Å². The Balaban J connectivity index is 1.48. The van der Waals surface area contributed by atoms with Crippen LogP contribution >= 0.6 is 22.7 Å². The van der Waals surface area contributed by atoms with Gasteiger partial charge in [0.05, 0.1) is 22.5 Å². The van der Waals surface area contributed by atoms with E-state index in [0.29, 0.717) is 5.89 Å². The topological polar surface area (TPSA) is 42.2 Å². The van der Waals surface area contributed by atoms with E-state index in [4.69, 9.17) is 9.40 Å². The van der Waals surface area contributed by atoms with Crippen LogP contribution in [0.25, 0.3) is 21.7 Å². The first kappa shape index (κ1) is 15.5. The van der Waals surface area contributed by atoms with E-state index in [1.54, 1.807) is 22.7 Å². The highest BCUT2D eigenvalue weighted by atomic mass is 32.1. The standard InChI is InChI=1S/C18H17N3OS2/c1-12-15(20-18(22-12)13-7-8-23-11-13)9-21(2)10-17-19-14-5-3-4-6-16(14)24-17/h3-8,11H,9-10H2,1-2H3. The van der Waals surface area contributed by atoms with Gasteiger partial charge in [-0.05, 0) is 37.6 Å². The normalized spacial score (nSPS) is 11.6. The molecule has 0 atom stereocenters. The molecule has 4 nitrogen and oxygen atoms in total. The summed E-state index contributed by atoms with van der Waals surface area (Å²) in [4.78, 5) is 11.6. The minimum atomic E-state index is 0.706. The van der Waals surface area contributed by atoms with Gasteiger partial charge in [-0.15, -0.1) is 11.3 Å². The molecule has 0 spiro atoms. The molecule has 6 heteroatoms. The van der Waals surface area contributed by atoms with Gasteiger partial charge in [-0.3, -0.25) is 4.90 Å². The fourth-order valence-corrected chi connectivity index (χ4v) is 4.29. The largest absolute Gasteiger partial charge is 0.441 e. The van der Waals surface area contributed by atoms with Gasteiger partial charge in [-0.25, -0.2) is 9.97 Å². The molecule has 0 aliphatic rings. The molecule has 0 bridgehead atoms. The van der Waals surface area contributed by atoms with Crippen LogP contribution in [0.2, 0.25) is 0 Å². The molecule has 0 saturated heterocycles. The maximum absolute atomic E-state index is 5.81. The van der Waals surface area contributed by atoms with Gasteiger partial charge in [0, 0.05) is 17.5 Å². The number of hydrogen-bond acceptors (Lipinski definition) is 6. The summed E-state index contributed by atoms with van der Waals surface area (Å²) >= 11 is 3.40. The molecule has 0 saturated carbocycles. The van der Waals surface area contributed by atoms with Crippen LogP contribution in [0.1, 0.15) is 16.5 Å².